The highest BCUT2D eigenvalue weighted by atomic mass is 31.2. The van der Waals surface area contributed by atoms with Crippen molar-refractivity contribution in [1.29, 1.82) is 0 Å². The molecule has 0 saturated heterocycles. The van der Waals surface area contributed by atoms with E-state index in [-0.39, 0.29) is 6.61 Å². The van der Waals surface area contributed by atoms with Crippen LogP contribution in [0, 0.1) is 6.61 Å². The van der Waals surface area contributed by atoms with E-state index >= 15 is 0 Å². The van der Waals surface area contributed by atoms with Crippen LogP contribution in [0.15, 0.2) is 0 Å². The van der Waals surface area contributed by atoms with Crippen molar-refractivity contribution < 1.29 is 22.4 Å². The van der Waals surface area contributed by atoms with Crippen LogP contribution in [0.1, 0.15) is 13.8 Å². The Bertz CT molecular complexity index is 141. The van der Waals surface area contributed by atoms with Crippen molar-refractivity contribution in [3.8, 4) is 0 Å². The number of rotatable bonds is 5. The van der Waals surface area contributed by atoms with Gasteiger partial charge in [0.15, 0.2) is 0 Å². The zero-order chi connectivity index (χ0) is 8.91. The van der Waals surface area contributed by atoms with Gasteiger partial charge in [0.25, 0.3) is 0 Å². The van der Waals surface area contributed by atoms with Gasteiger partial charge >= 0.3 is 13.8 Å². The van der Waals surface area contributed by atoms with E-state index in [1.807, 2.05) is 0 Å². The Morgan fingerprint density at radius 3 is 2.45 bits per heavy atom. The van der Waals surface area contributed by atoms with Crippen molar-refractivity contribution in [3.05, 3.63) is 6.61 Å². The molecule has 11 heavy (non-hydrogen) atoms. The first-order valence-electron chi connectivity index (χ1n) is 3.05. The van der Waals surface area contributed by atoms with Crippen LogP contribution >= 0.6 is 7.60 Å². The van der Waals surface area contributed by atoms with Gasteiger partial charge in [0.2, 0.25) is 6.61 Å². The summed E-state index contributed by atoms with van der Waals surface area (Å²) in [6, 6.07) is 0. The first kappa shape index (κ1) is 10.9. The van der Waals surface area contributed by atoms with Gasteiger partial charge in [0.1, 0.15) is 6.92 Å². The topological polar surface area (TPSA) is 35.5 Å². The Kier molecular flexibility index (Phi) is 4.65. The van der Waals surface area contributed by atoms with Crippen LogP contribution in [0.2, 0.25) is 0 Å². The van der Waals surface area contributed by atoms with E-state index in [1.54, 1.807) is 0 Å². The monoisotopic (exact) mass is 187 g/mol. The summed E-state index contributed by atoms with van der Waals surface area (Å²) in [5.74, 6) is 0. The Morgan fingerprint density at radius 1 is 1.64 bits per heavy atom. The fourth-order valence-corrected chi connectivity index (χ4v) is 1.38. The van der Waals surface area contributed by atoms with Crippen LogP contribution in [0.25, 0.3) is 0 Å². The molecule has 0 aromatic heterocycles. The molecule has 6 heteroatoms. The molecule has 0 amide bonds. The maximum Gasteiger partial charge on any atom is 0.437 e. The highest BCUT2D eigenvalue weighted by Gasteiger charge is 2.40. The van der Waals surface area contributed by atoms with Crippen molar-refractivity contribution in [2.24, 2.45) is 0 Å². The van der Waals surface area contributed by atoms with Crippen LogP contribution in [-0.4, -0.2) is 12.8 Å². The quantitative estimate of drug-likeness (QED) is 0.490. The molecule has 0 spiro atoms. The van der Waals surface area contributed by atoms with Crippen LogP contribution in [0.5, 0.6) is 0 Å². The number of hydrogen-bond donors (Lipinski definition) is 0. The molecule has 0 aromatic carbocycles. The molecule has 3 nitrogen and oxygen atoms in total. The van der Waals surface area contributed by atoms with E-state index in [9.17, 15) is 13.3 Å². The Labute approximate surface area is 64.2 Å². The normalized spacial score (nSPS) is 16.5. The zero-order valence-corrected chi connectivity index (χ0v) is 7.18. The molecular weight excluding hydrogens is 177 g/mol. The van der Waals surface area contributed by atoms with Crippen molar-refractivity contribution in [1.82, 2.24) is 0 Å². The molecule has 1 atom stereocenters. The maximum absolute atomic E-state index is 11.9. The van der Waals surface area contributed by atoms with E-state index in [2.05, 4.69) is 9.05 Å². The van der Waals surface area contributed by atoms with Gasteiger partial charge in [0.05, 0.1) is 6.61 Å². The predicted octanol–water partition coefficient (Wildman–Crippen LogP) is 2.64. The summed E-state index contributed by atoms with van der Waals surface area (Å²) in [6.07, 6.45) is -3.08. The van der Waals surface area contributed by atoms with E-state index < -0.39 is 13.8 Å². The van der Waals surface area contributed by atoms with Crippen LogP contribution in [0.3, 0.4) is 0 Å². The molecule has 0 aliphatic carbocycles. The van der Waals surface area contributed by atoms with Gasteiger partial charge in [-0.2, -0.15) is 8.78 Å². The Morgan fingerprint density at radius 2 is 2.18 bits per heavy atom. The van der Waals surface area contributed by atoms with E-state index in [0.717, 1.165) is 6.61 Å². The van der Waals surface area contributed by atoms with Gasteiger partial charge in [-0.3, -0.25) is 0 Å². The molecule has 0 radical (unpaired) electrons. The van der Waals surface area contributed by atoms with Crippen molar-refractivity contribution in [2.75, 3.05) is 6.61 Å². The molecule has 0 aliphatic heterocycles. The highest BCUT2D eigenvalue weighted by molar-refractivity contribution is 7.54. The zero-order valence-electron chi connectivity index (χ0n) is 6.29. The SMILES string of the molecule is C[CH+]OP(=O)(OCC)C(F)F. The highest BCUT2D eigenvalue weighted by Crippen LogP contribution is 2.54. The first-order valence-corrected chi connectivity index (χ1v) is 4.66. The lowest BCUT2D eigenvalue weighted by molar-refractivity contribution is 0.148. The average molecular weight is 187 g/mol. The lowest BCUT2D eigenvalue weighted by Gasteiger charge is -2.09. The van der Waals surface area contributed by atoms with Crippen molar-refractivity contribution in [2.45, 2.75) is 20.0 Å². The fourth-order valence-electron chi connectivity index (χ4n) is 0.460. The second kappa shape index (κ2) is 4.70. The minimum Gasteiger partial charge on any atom is -0.302 e. The Balaban J connectivity index is 4.14. The number of alkyl halides is 2. The van der Waals surface area contributed by atoms with Crippen molar-refractivity contribution in [3.63, 3.8) is 0 Å². The standard InChI is InChI=1S/C5H10F2O3P/c1-3-9-11(8,5(6)7)10-4-2/h3,5H,4H2,1-2H3/q+1. The first-order chi connectivity index (χ1) is 5.06. The molecule has 0 fully saturated rings. The lowest BCUT2D eigenvalue weighted by atomic mass is 10.9. The average Bonchev–Trinajstić information content (AvgIpc) is 1.88. The van der Waals surface area contributed by atoms with Gasteiger partial charge in [0, 0.05) is 0 Å². The third-order valence-electron chi connectivity index (χ3n) is 0.800. The predicted molar refractivity (Wildman–Crippen MR) is 36.3 cm³/mol. The summed E-state index contributed by atoms with van der Waals surface area (Å²) in [6.45, 7) is 3.69. The molecular formula is C5H10F2O3P+. The number of halogens is 2. The molecule has 0 N–H and O–H groups in total. The maximum atomic E-state index is 11.9. The minimum atomic E-state index is -4.18. The molecule has 0 heterocycles. The summed E-state index contributed by atoms with van der Waals surface area (Å²) >= 11 is 0. The van der Waals surface area contributed by atoms with Crippen LogP contribution in [-0.2, 0) is 13.6 Å². The van der Waals surface area contributed by atoms with Crippen LogP contribution in [0.4, 0.5) is 8.78 Å². The van der Waals surface area contributed by atoms with E-state index in [1.165, 1.54) is 13.8 Å². The molecule has 0 aromatic rings. The number of hydrogen-bond acceptors (Lipinski definition) is 3. The van der Waals surface area contributed by atoms with Crippen molar-refractivity contribution >= 4 is 7.60 Å². The van der Waals surface area contributed by atoms with Gasteiger partial charge in [-0.05, 0) is 6.92 Å². The molecule has 1 unspecified atom stereocenters. The fraction of sp³-hybridized carbons (Fsp3) is 0.800. The van der Waals surface area contributed by atoms with E-state index in [0.29, 0.717) is 0 Å². The van der Waals surface area contributed by atoms with Gasteiger partial charge < -0.3 is 4.52 Å². The van der Waals surface area contributed by atoms with Gasteiger partial charge in [-0.15, -0.1) is 4.52 Å². The molecule has 0 bridgehead atoms. The smallest absolute Gasteiger partial charge is 0.302 e. The third kappa shape index (κ3) is 3.18. The molecule has 0 aliphatic rings. The summed E-state index contributed by atoms with van der Waals surface area (Å²) in [7, 11) is -4.18. The van der Waals surface area contributed by atoms with E-state index in [4.69, 9.17) is 0 Å². The van der Waals surface area contributed by atoms with Gasteiger partial charge in [-0.25, -0.2) is 4.57 Å². The minimum absolute atomic E-state index is 0.0601. The second-order valence-corrected chi connectivity index (χ2v) is 3.52. The lowest BCUT2D eigenvalue weighted by Crippen LogP contribution is -2.01. The molecule has 66 valence electrons. The molecule has 0 saturated carbocycles. The summed E-state index contributed by atoms with van der Waals surface area (Å²) in [5.41, 5.74) is 0. The summed E-state index contributed by atoms with van der Waals surface area (Å²) < 4.78 is 43.2. The van der Waals surface area contributed by atoms with Crippen LogP contribution < -0.4 is 0 Å². The second-order valence-electron chi connectivity index (χ2n) is 1.58. The summed E-state index contributed by atoms with van der Waals surface area (Å²) in [4.78, 5) is 0. The Hall–Kier alpha value is -0.120. The molecule has 0 rings (SSSR count). The third-order valence-corrected chi connectivity index (χ3v) is 2.40. The summed E-state index contributed by atoms with van der Waals surface area (Å²) in [5, 5.41) is 0. The van der Waals surface area contributed by atoms with Gasteiger partial charge in [-0.1, -0.05) is 0 Å². The largest absolute Gasteiger partial charge is 0.437 e.